The summed E-state index contributed by atoms with van der Waals surface area (Å²) < 4.78 is 1.74. The fourth-order valence-electron chi connectivity index (χ4n) is 3.44. The maximum absolute atomic E-state index is 12.5. The zero-order chi connectivity index (χ0) is 22.9. The Hall–Kier alpha value is -3.94. The number of nitrogens with one attached hydrogen (secondary N) is 3. The molecule has 1 atom stereocenters. The van der Waals surface area contributed by atoms with Gasteiger partial charge in [0.2, 0.25) is 5.95 Å². The number of nitrogens with zero attached hydrogens (tertiary/aromatic N) is 3. The van der Waals surface area contributed by atoms with Gasteiger partial charge in [-0.2, -0.15) is 10.1 Å². The lowest BCUT2D eigenvalue weighted by Gasteiger charge is -2.20. The number of amides is 1. The molecule has 0 saturated carbocycles. The van der Waals surface area contributed by atoms with E-state index in [-0.39, 0.29) is 23.0 Å². The highest BCUT2D eigenvalue weighted by Crippen LogP contribution is 2.23. The normalized spacial score (nSPS) is 12.5. The van der Waals surface area contributed by atoms with Crippen LogP contribution in [0.25, 0.3) is 11.0 Å². The van der Waals surface area contributed by atoms with Crippen molar-refractivity contribution in [2.24, 2.45) is 0 Å². The summed E-state index contributed by atoms with van der Waals surface area (Å²) in [6.07, 6.45) is 1.54. The minimum absolute atomic E-state index is 0.171. The molecule has 0 fully saturated rings. The standard InChI is InChI=1S/C24H26N6O2/c1-15(17-11-8-12-18(13-17)27-21(31)16-9-6-5-7-10-16)26-23-28-20-19(22(32)29-23)14-25-30(20)24(2,3)4/h5-15H,1-4H3,(H,27,31)(H2,26,28,29,32). The first kappa shape index (κ1) is 21.3. The van der Waals surface area contributed by atoms with Crippen LogP contribution in [0.2, 0.25) is 0 Å². The van der Waals surface area contributed by atoms with E-state index < -0.39 is 0 Å². The van der Waals surface area contributed by atoms with Crippen molar-refractivity contribution in [3.63, 3.8) is 0 Å². The highest BCUT2D eigenvalue weighted by Gasteiger charge is 2.20. The second-order valence-electron chi connectivity index (χ2n) is 8.69. The Morgan fingerprint density at radius 1 is 1.09 bits per heavy atom. The van der Waals surface area contributed by atoms with Crippen molar-refractivity contribution in [2.75, 3.05) is 10.6 Å². The monoisotopic (exact) mass is 430 g/mol. The predicted molar refractivity (Wildman–Crippen MR) is 126 cm³/mol. The van der Waals surface area contributed by atoms with Crippen LogP contribution in [0.3, 0.4) is 0 Å². The summed E-state index contributed by atoms with van der Waals surface area (Å²) in [6, 6.07) is 16.5. The summed E-state index contributed by atoms with van der Waals surface area (Å²) in [5.74, 6) is 0.190. The number of carbonyl (C=O) groups excluding carboxylic acids is 1. The first-order chi connectivity index (χ1) is 15.2. The van der Waals surface area contributed by atoms with Gasteiger partial charge in [0.15, 0.2) is 5.65 Å². The number of aromatic amines is 1. The molecule has 32 heavy (non-hydrogen) atoms. The van der Waals surface area contributed by atoms with E-state index in [1.165, 1.54) is 0 Å². The molecule has 1 unspecified atom stereocenters. The van der Waals surface area contributed by atoms with E-state index in [2.05, 4.69) is 25.7 Å². The molecule has 0 bridgehead atoms. The van der Waals surface area contributed by atoms with Gasteiger partial charge in [0, 0.05) is 11.3 Å². The third kappa shape index (κ3) is 4.39. The van der Waals surface area contributed by atoms with Gasteiger partial charge in [-0.05, 0) is 57.5 Å². The van der Waals surface area contributed by atoms with Crippen LogP contribution < -0.4 is 16.2 Å². The molecule has 1 amide bonds. The second-order valence-corrected chi connectivity index (χ2v) is 8.69. The van der Waals surface area contributed by atoms with Crippen LogP contribution >= 0.6 is 0 Å². The zero-order valence-electron chi connectivity index (χ0n) is 18.5. The van der Waals surface area contributed by atoms with Gasteiger partial charge in [-0.3, -0.25) is 14.6 Å². The highest BCUT2D eigenvalue weighted by molar-refractivity contribution is 6.04. The summed E-state index contributed by atoms with van der Waals surface area (Å²) in [4.78, 5) is 32.4. The molecule has 4 aromatic rings. The van der Waals surface area contributed by atoms with Crippen molar-refractivity contribution >= 4 is 28.6 Å². The zero-order valence-corrected chi connectivity index (χ0v) is 18.5. The van der Waals surface area contributed by atoms with Crippen LogP contribution in [0.15, 0.2) is 65.6 Å². The molecule has 2 aromatic carbocycles. The van der Waals surface area contributed by atoms with Crippen LogP contribution in [0, 0.1) is 0 Å². The number of H-pyrrole nitrogens is 1. The minimum Gasteiger partial charge on any atom is -0.349 e. The van der Waals surface area contributed by atoms with Gasteiger partial charge in [0.1, 0.15) is 5.39 Å². The van der Waals surface area contributed by atoms with Crippen molar-refractivity contribution in [1.29, 1.82) is 0 Å². The second kappa shape index (κ2) is 8.30. The van der Waals surface area contributed by atoms with E-state index in [0.29, 0.717) is 28.2 Å². The topological polar surface area (TPSA) is 105 Å². The summed E-state index contributed by atoms with van der Waals surface area (Å²) in [5, 5.41) is 11.0. The number of carbonyl (C=O) groups is 1. The van der Waals surface area contributed by atoms with E-state index in [9.17, 15) is 9.59 Å². The lowest BCUT2D eigenvalue weighted by molar-refractivity contribution is 0.102. The van der Waals surface area contributed by atoms with Crippen LogP contribution in [-0.2, 0) is 5.54 Å². The van der Waals surface area contributed by atoms with Gasteiger partial charge < -0.3 is 10.6 Å². The van der Waals surface area contributed by atoms with Crippen LogP contribution in [0.4, 0.5) is 11.6 Å². The predicted octanol–water partition coefficient (Wildman–Crippen LogP) is 4.30. The summed E-state index contributed by atoms with van der Waals surface area (Å²) in [7, 11) is 0. The Morgan fingerprint density at radius 2 is 1.84 bits per heavy atom. The third-order valence-electron chi connectivity index (χ3n) is 5.11. The lowest BCUT2D eigenvalue weighted by atomic mass is 10.1. The largest absolute Gasteiger partial charge is 0.349 e. The summed E-state index contributed by atoms with van der Waals surface area (Å²) in [6.45, 7) is 7.98. The Labute approximate surface area is 185 Å². The molecule has 8 heteroatoms. The molecule has 164 valence electrons. The molecule has 2 aromatic heterocycles. The number of benzene rings is 2. The van der Waals surface area contributed by atoms with Crippen molar-refractivity contribution in [3.8, 4) is 0 Å². The van der Waals surface area contributed by atoms with Crippen LogP contribution in [0.5, 0.6) is 0 Å². The SMILES string of the molecule is CC(Nc1nc2c(cnn2C(C)(C)C)c(=O)[nH]1)c1cccc(NC(=O)c2ccccc2)c1. The molecule has 0 aliphatic rings. The lowest BCUT2D eigenvalue weighted by Crippen LogP contribution is -2.24. The number of aromatic nitrogens is 4. The van der Waals surface area contributed by atoms with Gasteiger partial charge >= 0.3 is 0 Å². The van der Waals surface area contributed by atoms with E-state index in [4.69, 9.17) is 0 Å². The van der Waals surface area contributed by atoms with Crippen molar-refractivity contribution in [3.05, 3.63) is 82.3 Å². The van der Waals surface area contributed by atoms with Crippen LogP contribution in [-0.4, -0.2) is 25.7 Å². The Balaban J connectivity index is 1.56. The van der Waals surface area contributed by atoms with Crippen molar-refractivity contribution < 1.29 is 4.79 Å². The van der Waals surface area contributed by atoms with Crippen LogP contribution in [0.1, 0.15) is 49.7 Å². The Kier molecular flexibility index (Phi) is 5.52. The fraction of sp³-hybridized carbons (Fsp3) is 0.250. The molecule has 0 aliphatic heterocycles. The van der Waals surface area contributed by atoms with Gasteiger partial charge in [-0.15, -0.1) is 0 Å². The number of rotatable bonds is 5. The molecule has 0 spiro atoms. The summed E-state index contributed by atoms with van der Waals surface area (Å²) in [5.41, 5.74) is 2.19. The maximum Gasteiger partial charge on any atom is 0.263 e. The van der Waals surface area contributed by atoms with E-state index in [0.717, 1.165) is 5.56 Å². The van der Waals surface area contributed by atoms with E-state index in [1.807, 2.05) is 70.2 Å². The van der Waals surface area contributed by atoms with Gasteiger partial charge in [-0.1, -0.05) is 30.3 Å². The molecule has 0 aliphatic carbocycles. The molecular weight excluding hydrogens is 404 g/mol. The van der Waals surface area contributed by atoms with Gasteiger partial charge in [0.25, 0.3) is 11.5 Å². The molecule has 8 nitrogen and oxygen atoms in total. The number of hydrogen-bond acceptors (Lipinski definition) is 5. The van der Waals surface area contributed by atoms with E-state index >= 15 is 0 Å². The van der Waals surface area contributed by atoms with Gasteiger partial charge in [-0.25, -0.2) is 4.68 Å². The molecule has 0 saturated heterocycles. The fourth-order valence-corrected chi connectivity index (χ4v) is 3.44. The number of fused-ring (bicyclic) bond motifs is 1. The molecular formula is C24H26N6O2. The first-order valence-corrected chi connectivity index (χ1v) is 10.4. The van der Waals surface area contributed by atoms with Gasteiger partial charge in [0.05, 0.1) is 17.8 Å². The van der Waals surface area contributed by atoms with Crippen molar-refractivity contribution in [1.82, 2.24) is 19.7 Å². The Bertz CT molecular complexity index is 1320. The number of hydrogen-bond donors (Lipinski definition) is 3. The average Bonchev–Trinajstić information content (AvgIpc) is 3.20. The first-order valence-electron chi connectivity index (χ1n) is 10.4. The summed E-state index contributed by atoms with van der Waals surface area (Å²) >= 11 is 0. The maximum atomic E-state index is 12.5. The molecule has 2 heterocycles. The Morgan fingerprint density at radius 3 is 2.56 bits per heavy atom. The number of anilines is 2. The quantitative estimate of drug-likeness (QED) is 0.438. The third-order valence-corrected chi connectivity index (χ3v) is 5.11. The van der Waals surface area contributed by atoms with E-state index in [1.54, 1.807) is 23.0 Å². The van der Waals surface area contributed by atoms with Crippen molar-refractivity contribution in [2.45, 2.75) is 39.3 Å². The highest BCUT2D eigenvalue weighted by atomic mass is 16.1. The molecule has 0 radical (unpaired) electrons. The smallest absolute Gasteiger partial charge is 0.263 e. The molecule has 3 N–H and O–H groups in total. The minimum atomic E-state index is -0.309. The average molecular weight is 431 g/mol. The molecule has 4 rings (SSSR count).